The molecule has 0 saturated carbocycles. The third-order valence-electron chi connectivity index (χ3n) is 4.49. The van der Waals surface area contributed by atoms with Crippen molar-refractivity contribution in [2.45, 2.75) is 5.16 Å². The highest BCUT2D eigenvalue weighted by Gasteiger charge is 2.19. The lowest BCUT2D eigenvalue weighted by Crippen LogP contribution is -2.15. The summed E-state index contributed by atoms with van der Waals surface area (Å²) >= 11 is 1.24. The van der Waals surface area contributed by atoms with Crippen LogP contribution in [-0.4, -0.2) is 39.4 Å². The Morgan fingerprint density at radius 2 is 1.84 bits per heavy atom. The van der Waals surface area contributed by atoms with Crippen molar-refractivity contribution in [1.82, 2.24) is 14.8 Å². The van der Waals surface area contributed by atoms with Gasteiger partial charge in [-0.05, 0) is 60.7 Å². The summed E-state index contributed by atoms with van der Waals surface area (Å²) in [6.45, 7) is 0. The van der Waals surface area contributed by atoms with Gasteiger partial charge in [-0.2, -0.15) is 0 Å². The van der Waals surface area contributed by atoms with Gasteiger partial charge in [0, 0.05) is 11.3 Å². The van der Waals surface area contributed by atoms with Gasteiger partial charge in [0.15, 0.2) is 10.9 Å². The number of aromatic nitrogens is 3. The molecule has 2 aromatic heterocycles. The third-order valence-corrected chi connectivity index (χ3v) is 5.42. The number of amides is 2. The van der Waals surface area contributed by atoms with E-state index < -0.39 is 5.91 Å². The predicted molar refractivity (Wildman–Crippen MR) is 120 cm³/mol. The minimum atomic E-state index is -0.524. The maximum absolute atomic E-state index is 12.5. The molecule has 162 valence electrons. The summed E-state index contributed by atoms with van der Waals surface area (Å²) in [5, 5.41) is 11.8. The zero-order valence-corrected chi connectivity index (χ0v) is 17.8. The summed E-state index contributed by atoms with van der Waals surface area (Å²) in [7, 11) is 1.60. The quantitative estimate of drug-likeness (QED) is 0.395. The molecule has 0 bridgehead atoms. The van der Waals surface area contributed by atoms with Gasteiger partial charge < -0.3 is 20.2 Å². The van der Waals surface area contributed by atoms with Crippen molar-refractivity contribution < 1.29 is 18.7 Å². The van der Waals surface area contributed by atoms with Gasteiger partial charge in [-0.1, -0.05) is 11.8 Å². The first-order valence-corrected chi connectivity index (χ1v) is 10.5. The SMILES string of the molecule is COc1ccc(-n2c(SCC(=O)Nc3ccc(C(N)=O)cc3)nnc2-c2ccco2)cc1. The molecule has 0 saturated heterocycles. The number of nitrogens with zero attached hydrogens (tertiary/aromatic N) is 3. The van der Waals surface area contributed by atoms with E-state index in [2.05, 4.69) is 15.5 Å². The summed E-state index contributed by atoms with van der Waals surface area (Å²) in [6.07, 6.45) is 1.56. The molecule has 10 heteroatoms. The fourth-order valence-corrected chi connectivity index (χ4v) is 3.69. The molecule has 3 N–H and O–H groups in total. The van der Waals surface area contributed by atoms with Crippen molar-refractivity contribution >= 4 is 29.3 Å². The van der Waals surface area contributed by atoms with Gasteiger partial charge in [-0.25, -0.2) is 0 Å². The zero-order valence-electron chi connectivity index (χ0n) is 17.0. The van der Waals surface area contributed by atoms with Crippen molar-refractivity contribution in [2.75, 3.05) is 18.2 Å². The van der Waals surface area contributed by atoms with E-state index in [1.54, 1.807) is 49.8 Å². The molecule has 9 nitrogen and oxygen atoms in total. The van der Waals surface area contributed by atoms with Crippen LogP contribution in [0.3, 0.4) is 0 Å². The second-order valence-corrected chi connectivity index (χ2v) is 7.54. The first-order valence-electron chi connectivity index (χ1n) is 9.51. The van der Waals surface area contributed by atoms with Crippen molar-refractivity contribution in [3.63, 3.8) is 0 Å². The van der Waals surface area contributed by atoms with Crippen LogP contribution in [0.25, 0.3) is 17.3 Å². The molecule has 2 heterocycles. The Bertz CT molecular complexity index is 1220. The Morgan fingerprint density at radius 3 is 2.47 bits per heavy atom. The molecule has 32 heavy (non-hydrogen) atoms. The molecule has 2 amide bonds. The minimum absolute atomic E-state index is 0.101. The molecule has 0 atom stereocenters. The highest BCUT2D eigenvalue weighted by Crippen LogP contribution is 2.29. The normalized spacial score (nSPS) is 10.7. The number of benzene rings is 2. The number of nitrogens with one attached hydrogen (secondary N) is 1. The minimum Gasteiger partial charge on any atom is -0.497 e. The fraction of sp³-hybridized carbons (Fsp3) is 0.0909. The highest BCUT2D eigenvalue weighted by atomic mass is 32.2. The lowest BCUT2D eigenvalue weighted by atomic mass is 10.2. The molecule has 0 fully saturated rings. The monoisotopic (exact) mass is 449 g/mol. The Balaban J connectivity index is 1.52. The molecular formula is C22H19N5O4S. The number of furan rings is 1. The number of carbonyl (C=O) groups is 2. The average Bonchev–Trinajstić information content (AvgIpc) is 3.48. The number of nitrogens with two attached hydrogens (primary N) is 1. The molecule has 0 unspecified atom stereocenters. The number of carbonyl (C=O) groups excluding carboxylic acids is 2. The summed E-state index contributed by atoms with van der Waals surface area (Å²) in [5.41, 5.74) is 6.97. The van der Waals surface area contributed by atoms with E-state index in [0.717, 1.165) is 11.4 Å². The summed E-state index contributed by atoms with van der Waals surface area (Å²) in [5.74, 6) is 1.14. The number of ether oxygens (including phenoxy) is 1. The van der Waals surface area contributed by atoms with Gasteiger partial charge in [-0.15, -0.1) is 10.2 Å². The van der Waals surface area contributed by atoms with Crippen molar-refractivity contribution in [3.05, 3.63) is 72.5 Å². The largest absolute Gasteiger partial charge is 0.497 e. The Hall–Kier alpha value is -4.05. The van der Waals surface area contributed by atoms with E-state index >= 15 is 0 Å². The van der Waals surface area contributed by atoms with E-state index in [4.69, 9.17) is 14.9 Å². The van der Waals surface area contributed by atoms with Gasteiger partial charge >= 0.3 is 0 Å². The topological polar surface area (TPSA) is 125 Å². The smallest absolute Gasteiger partial charge is 0.248 e. The van der Waals surface area contributed by atoms with Crippen LogP contribution in [0.5, 0.6) is 5.75 Å². The summed E-state index contributed by atoms with van der Waals surface area (Å²) in [4.78, 5) is 23.6. The van der Waals surface area contributed by atoms with Crippen LogP contribution in [0.15, 0.2) is 76.5 Å². The third kappa shape index (κ3) is 4.65. The molecule has 2 aromatic carbocycles. The van der Waals surface area contributed by atoms with Crippen LogP contribution in [0.2, 0.25) is 0 Å². The second kappa shape index (κ2) is 9.40. The Labute approximate surface area is 187 Å². The number of thioether (sulfide) groups is 1. The summed E-state index contributed by atoms with van der Waals surface area (Å²) in [6, 6.07) is 17.3. The highest BCUT2D eigenvalue weighted by molar-refractivity contribution is 7.99. The molecule has 0 radical (unpaired) electrons. The molecule has 0 aliphatic carbocycles. The van der Waals surface area contributed by atoms with Gasteiger partial charge in [0.2, 0.25) is 17.6 Å². The van der Waals surface area contributed by atoms with Crippen molar-refractivity contribution in [2.24, 2.45) is 5.73 Å². The molecule has 0 spiro atoms. The van der Waals surface area contributed by atoms with Crippen molar-refractivity contribution in [1.29, 1.82) is 0 Å². The van der Waals surface area contributed by atoms with E-state index in [1.165, 1.54) is 11.8 Å². The van der Waals surface area contributed by atoms with Crippen molar-refractivity contribution in [3.8, 4) is 23.0 Å². The van der Waals surface area contributed by atoms with Crippen LogP contribution >= 0.6 is 11.8 Å². The predicted octanol–water partition coefficient (Wildman–Crippen LogP) is 3.37. The summed E-state index contributed by atoms with van der Waals surface area (Å²) < 4.78 is 12.6. The van der Waals surface area contributed by atoms with Crippen LogP contribution in [0, 0.1) is 0 Å². The maximum atomic E-state index is 12.5. The average molecular weight is 449 g/mol. The standard InChI is InChI=1S/C22H19N5O4S/c1-30-17-10-8-16(9-11-17)27-21(18-3-2-12-31-18)25-26-22(27)32-13-19(28)24-15-6-4-14(5-7-15)20(23)29/h2-12H,13H2,1H3,(H2,23,29)(H,24,28). The lowest BCUT2D eigenvalue weighted by molar-refractivity contribution is -0.113. The Morgan fingerprint density at radius 1 is 1.09 bits per heavy atom. The maximum Gasteiger partial charge on any atom is 0.248 e. The number of methoxy groups -OCH3 is 1. The van der Waals surface area contributed by atoms with Gasteiger partial charge in [0.1, 0.15) is 5.75 Å². The number of rotatable bonds is 8. The number of primary amides is 1. The number of hydrogen-bond acceptors (Lipinski definition) is 7. The number of hydrogen-bond donors (Lipinski definition) is 2. The van der Waals surface area contributed by atoms with Crippen LogP contribution in [-0.2, 0) is 4.79 Å². The molecule has 4 aromatic rings. The van der Waals surface area contributed by atoms with Crippen LogP contribution in [0.1, 0.15) is 10.4 Å². The van der Waals surface area contributed by atoms with E-state index in [-0.39, 0.29) is 11.7 Å². The second-order valence-electron chi connectivity index (χ2n) is 6.60. The van der Waals surface area contributed by atoms with Gasteiger partial charge in [0.05, 0.1) is 24.8 Å². The van der Waals surface area contributed by atoms with E-state index in [1.807, 2.05) is 28.8 Å². The lowest BCUT2D eigenvalue weighted by Gasteiger charge is -2.10. The van der Waals surface area contributed by atoms with Gasteiger partial charge in [0.25, 0.3) is 0 Å². The first-order chi connectivity index (χ1) is 15.5. The molecule has 0 aliphatic rings. The Kier molecular flexibility index (Phi) is 6.22. The molecule has 4 rings (SSSR count). The fourth-order valence-electron chi connectivity index (χ4n) is 2.94. The zero-order chi connectivity index (χ0) is 22.5. The van der Waals surface area contributed by atoms with Gasteiger partial charge in [-0.3, -0.25) is 14.2 Å². The molecule has 0 aliphatic heterocycles. The molecular weight excluding hydrogens is 430 g/mol. The first kappa shape index (κ1) is 21.2. The van der Waals surface area contributed by atoms with E-state index in [0.29, 0.717) is 28.0 Å². The van der Waals surface area contributed by atoms with Crippen LogP contribution < -0.4 is 15.8 Å². The number of anilines is 1. The van der Waals surface area contributed by atoms with E-state index in [9.17, 15) is 9.59 Å². The van der Waals surface area contributed by atoms with Crippen LogP contribution in [0.4, 0.5) is 5.69 Å².